The van der Waals surface area contributed by atoms with Gasteiger partial charge < -0.3 is 10.1 Å². The number of nitrogens with one attached hydrogen (secondary N) is 1. The van der Waals surface area contributed by atoms with Crippen LogP contribution in [0.4, 0.5) is 0 Å². The Labute approximate surface area is 125 Å². The number of hydrogen-bond donors (Lipinski definition) is 1. The lowest BCUT2D eigenvalue weighted by atomic mass is 9.74. The van der Waals surface area contributed by atoms with Crippen molar-refractivity contribution in [1.82, 2.24) is 5.32 Å². The molecule has 2 nitrogen and oxygen atoms in total. The molecule has 0 heterocycles. The van der Waals surface area contributed by atoms with E-state index in [0.29, 0.717) is 10.0 Å². The zero-order valence-electron chi connectivity index (χ0n) is 11.5. The third kappa shape index (κ3) is 3.43. The summed E-state index contributed by atoms with van der Waals surface area (Å²) in [6, 6.07) is 6.13. The lowest BCUT2D eigenvalue weighted by Gasteiger charge is -2.43. The number of benzene rings is 1. The zero-order chi connectivity index (χ0) is 13.9. The lowest BCUT2D eigenvalue weighted by Crippen LogP contribution is -2.42. The minimum absolute atomic E-state index is 0.0406. The summed E-state index contributed by atoms with van der Waals surface area (Å²) in [5, 5.41) is 4.74. The highest BCUT2D eigenvalue weighted by Gasteiger charge is 2.39. The smallest absolute Gasteiger partial charge is 0.0697 e. The molecule has 2 rings (SSSR count). The van der Waals surface area contributed by atoms with Gasteiger partial charge in [-0.3, -0.25) is 0 Å². The Morgan fingerprint density at radius 1 is 1.32 bits per heavy atom. The van der Waals surface area contributed by atoms with Crippen LogP contribution in [-0.4, -0.2) is 19.3 Å². The van der Waals surface area contributed by atoms with E-state index in [2.05, 4.69) is 12.2 Å². The Kier molecular flexibility index (Phi) is 5.13. The molecule has 0 radical (unpaired) electrons. The Bertz CT molecular complexity index is 427. The first-order valence-corrected chi connectivity index (χ1v) is 7.59. The molecule has 1 fully saturated rings. The topological polar surface area (TPSA) is 21.3 Å². The van der Waals surface area contributed by atoms with Gasteiger partial charge >= 0.3 is 0 Å². The van der Waals surface area contributed by atoms with Gasteiger partial charge in [0.2, 0.25) is 0 Å². The molecule has 1 unspecified atom stereocenters. The number of methoxy groups -OCH3 is 1. The van der Waals surface area contributed by atoms with Crippen molar-refractivity contribution in [3.05, 3.63) is 33.8 Å². The van der Waals surface area contributed by atoms with Crippen molar-refractivity contribution in [2.24, 2.45) is 0 Å². The molecule has 19 heavy (non-hydrogen) atoms. The summed E-state index contributed by atoms with van der Waals surface area (Å²) in [7, 11) is 1.82. The SMILES string of the molecule is CCNC(CC1(OC)CCC1)c1ccc(Cl)c(Cl)c1. The van der Waals surface area contributed by atoms with Gasteiger partial charge in [0, 0.05) is 13.2 Å². The molecule has 1 atom stereocenters. The van der Waals surface area contributed by atoms with E-state index in [1.54, 1.807) is 0 Å². The minimum atomic E-state index is 0.0406. The van der Waals surface area contributed by atoms with E-state index >= 15 is 0 Å². The molecule has 0 amide bonds. The summed E-state index contributed by atoms with van der Waals surface area (Å²) in [6.45, 7) is 3.04. The van der Waals surface area contributed by atoms with Crippen LogP contribution in [-0.2, 0) is 4.74 Å². The predicted octanol–water partition coefficient (Wildman–Crippen LogP) is 4.60. The van der Waals surface area contributed by atoms with Crippen molar-refractivity contribution in [3.8, 4) is 0 Å². The highest BCUT2D eigenvalue weighted by Crippen LogP contribution is 2.42. The molecule has 0 spiro atoms. The van der Waals surface area contributed by atoms with Gasteiger partial charge in [-0.25, -0.2) is 0 Å². The van der Waals surface area contributed by atoms with Gasteiger partial charge in [-0.15, -0.1) is 0 Å². The maximum Gasteiger partial charge on any atom is 0.0697 e. The van der Waals surface area contributed by atoms with E-state index in [-0.39, 0.29) is 11.6 Å². The van der Waals surface area contributed by atoms with Crippen molar-refractivity contribution in [1.29, 1.82) is 0 Å². The fourth-order valence-electron chi connectivity index (χ4n) is 2.72. The van der Waals surface area contributed by atoms with Crippen LogP contribution < -0.4 is 5.32 Å². The molecule has 0 bridgehead atoms. The first-order chi connectivity index (χ1) is 9.10. The van der Waals surface area contributed by atoms with Crippen LogP contribution in [0.5, 0.6) is 0 Å². The minimum Gasteiger partial charge on any atom is -0.378 e. The molecule has 106 valence electrons. The summed E-state index contributed by atoms with van der Waals surface area (Å²) in [4.78, 5) is 0. The maximum atomic E-state index is 6.12. The Morgan fingerprint density at radius 2 is 2.05 bits per heavy atom. The van der Waals surface area contributed by atoms with Gasteiger partial charge in [0.15, 0.2) is 0 Å². The fourth-order valence-corrected chi connectivity index (χ4v) is 3.02. The second kappa shape index (κ2) is 6.45. The number of rotatable bonds is 6. The largest absolute Gasteiger partial charge is 0.378 e. The molecule has 1 aliphatic carbocycles. The second-order valence-corrected chi connectivity index (χ2v) is 6.04. The summed E-state index contributed by atoms with van der Waals surface area (Å²) in [5.41, 5.74) is 1.22. The Hall–Kier alpha value is -0.280. The number of ether oxygens (including phenoxy) is 1. The van der Waals surface area contributed by atoms with Crippen LogP contribution >= 0.6 is 23.2 Å². The quantitative estimate of drug-likeness (QED) is 0.829. The van der Waals surface area contributed by atoms with Crippen molar-refractivity contribution >= 4 is 23.2 Å². The Balaban J connectivity index is 2.16. The van der Waals surface area contributed by atoms with E-state index in [0.717, 1.165) is 25.8 Å². The molecule has 1 N–H and O–H groups in total. The summed E-state index contributed by atoms with van der Waals surface area (Å²) in [5.74, 6) is 0. The van der Waals surface area contributed by atoms with Crippen LogP contribution in [0.2, 0.25) is 10.0 Å². The van der Waals surface area contributed by atoms with Crippen LogP contribution in [0.25, 0.3) is 0 Å². The van der Waals surface area contributed by atoms with Gasteiger partial charge in [0.1, 0.15) is 0 Å². The fraction of sp³-hybridized carbons (Fsp3) is 0.600. The van der Waals surface area contributed by atoms with Crippen LogP contribution in [0.1, 0.15) is 44.2 Å². The third-order valence-electron chi connectivity index (χ3n) is 4.07. The third-order valence-corrected chi connectivity index (χ3v) is 4.81. The number of hydrogen-bond acceptors (Lipinski definition) is 2. The number of halogens is 2. The molecule has 0 aliphatic heterocycles. The molecular weight excluding hydrogens is 281 g/mol. The van der Waals surface area contributed by atoms with E-state index in [1.807, 2.05) is 25.3 Å². The van der Waals surface area contributed by atoms with Crippen molar-refractivity contribution < 1.29 is 4.74 Å². The molecule has 4 heteroatoms. The Morgan fingerprint density at radius 3 is 2.53 bits per heavy atom. The molecule has 1 aliphatic rings. The van der Waals surface area contributed by atoms with Gasteiger partial charge in [0.05, 0.1) is 15.6 Å². The molecule has 1 saturated carbocycles. The molecule has 1 aromatic rings. The van der Waals surface area contributed by atoms with Crippen molar-refractivity contribution in [2.75, 3.05) is 13.7 Å². The second-order valence-electron chi connectivity index (χ2n) is 5.23. The zero-order valence-corrected chi connectivity index (χ0v) is 13.0. The van der Waals surface area contributed by atoms with E-state index < -0.39 is 0 Å². The highest BCUT2D eigenvalue weighted by atomic mass is 35.5. The standard InChI is InChI=1S/C15H21Cl2NO/c1-3-18-14(10-15(19-2)7-4-8-15)11-5-6-12(16)13(17)9-11/h5-6,9,14,18H,3-4,7-8,10H2,1-2H3. The summed E-state index contributed by atoms with van der Waals surface area (Å²) < 4.78 is 5.73. The van der Waals surface area contributed by atoms with E-state index in [1.165, 1.54) is 12.0 Å². The average molecular weight is 302 g/mol. The van der Waals surface area contributed by atoms with E-state index in [4.69, 9.17) is 27.9 Å². The van der Waals surface area contributed by atoms with Crippen LogP contribution in [0.15, 0.2) is 18.2 Å². The van der Waals surface area contributed by atoms with Crippen molar-refractivity contribution in [3.63, 3.8) is 0 Å². The normalized spacial score (nSPS) is 18.9. The first-order valence-electron chi connectivity index (χ1n) is 6.84. The van der Waals surface area contributed by atoms with Gasteiger partial charge in [-0.1, -0.05) is 36.2 Å². The van der Waals surface area contributed by atoms with E-state index in [9.17, 15) is 0 Å². The first kappa shape index (κ1) is 15.1. The van der Waals surface area contributed by atoms with Crippen LogP contribution in [0.3, 0.4) is 0 Å². The van der Waals surface area contributed by atoms with Crippen molar-refractivity contribution in [2.45, 2.75) is 44.2 Å². The monoisotopic (exact) mass is 301 g/mol. The molecular formula is C15H21Cl2NO. The lowest BCUT2D eigenvalue weighted by molar-refractivity contribution is -0.0837. The molecule has 0 aromatic heterocycles. The summed E-state index contributed by atoms with van der Waals surface area (Å²) in [6.07, 6.45) is 4.53. The van der Waals surface area contributed by atoms with Crippen LogP contribution in [0, 0.1) is 0 Å². The summed E-state index contributed by atoms with van der Waals surface area (Å²) >= 11 is 12.1. The average Bonchev–Trinajstić information content (AvgIpc) is 2.36. The molecule has 1 aromatic carbocycles. The predicted molar refractivity (Wildman–Crippen MR) is 81.1 cm³/mol. The van der Waals surface area contributed by atoms with Gasteiger partial charge in [-0.05, 0) is 49.9 Å². The highest BCUT2D eigenvalue weighted by molar-refractivity contribution is 6.42. The maximum absolute atomic E-state index is 6.12. The van der Waals surface area contributed by atoms with Gasteiger partial charge in [-0.2, -0.15) is 0 Å². The molecule has 0 saturated heterocycles. The van der Waals surface area contributed by atoms with Gasteiger partial charge in [0.25, 0.3) is 0 Å².